The van der Waals surface area contributed by atoms with Crippen LogP contribution in [-0.4, -0.2) is 30.2 Å². The highest BCUT2D eigenvalue weighted by atomic mass is 32.2. The number of nitrogens with two attached hydrogens (primary N) is 1. The van der Waals surface area contributed by atoms with E-state index in [4.69, 9.17) is 5.73 Å². The Kier molecular flexibility index (Phi) is 5.35. The monoisotopic (exact) mass is 263 g/mol. The summed E-state index contributed by atoms with van der Waals surface area (Å²) in [5.74, 6) is -0.274. The van der Waals surface area contributed by atoms with Crippen LogP contribution in [0, 0.1) is 0 Å². The predicted molar refractivity (Wildman–Crippen MR) is 70.7 cm³/mol. The minimum atomic E-state index is -3.25. The molecule has 0 aromatic carbocycles. The lowest BCUT2D eigenvalue weighted by Gasteiger charge is -2.26. The first kappa shape index (κ1) is 16.6. The Morgan fingerprint density at radius 2 is 1.53 bits per heavy atom. The summed E-state index contributed by atoms with van der Waals surface area (Å²) >= 11 is 0. The van der Waals surface area contributed by atoms with Gasteiger partial charge in [0.25, 0.3) is 0 Å². The number of hydrogen-bond acceptors (Lipinski definition) is 4. The van der Waals surface area contributed by atoms with E-state index in [0.29, 0.717) is 12.8 Å². The molecular formula is C12H25NO3S. The fraction of sp³-hybridized carbons (Fsp3) is 0.917. The highest BCUT2D eigenvalue weighted by Gasteiger charge is 2.33. The lowest BCUT2D eigenvalue weighted by molar-refractivity contribution is -0.124. The molecule has 0 atom stereocenters. The zero-order chi connectivity index (χ0) is 13.9. The number of carbonyl (C=O) groups is 1. The summed E-state index contributed by atoms with van der Waals surface area (Å²) in [7, 11) is -3.25. The summed E-state index contributed by atoms with van der Waals surface area (Å²) in [6.45, 7) is 8.62. The largest absolute Gasteiger partial charge is 0.319 e. The summed E-state index contributed by atoms with van der Waals surface area (Å²) in [5, 5.41) is 0. The maximum atomic E-state index is 11.9. The summed E-state index contributed by atoms with van der Waals surface area (Å²) in [5.41, 5.74) is 5.07. The predicted octanol–water partition coefficient (Wildman–Crippen LogP) is 1.68. The smallest absolute Gasteiger partial charge is 0.155 e. The van der Waals surface area contributed by atoms with Crippen LogP contribution in [0.3, 0.4) is 0 Å². The van der Waals surface area contributed by atoms with Crippen LogP contribution in [0.25, 0.3) is 0 Å². The fourth-order valence-corrected chi connectivity index (χ4v) is 2.49. The molecule has 2 N–H and O–H groups in total. The fourth-order valence-electron chi connectivity index (χ4n) is 1.43. The molecule has 0 aliphatic carbocycles. The van der Waals surface area contributed by atoms with E-state index >= 15 is 0 Å². The molecule has 0 bridgehead atoms. The molecule has 0 aromatic rings. The van der Waals surface area contributed by atoms with Crippen molar-refractivity contribution in [2.45, 2.75) is 64.2 Å². The van der Waals surface area contributed by atoms with Gasteiger partial charge in [-0.25, -0.2) is 8.42 Å². The highest BCUT2D eigenvalue weighted by Crippen LogP contribution is 2.20. The topological polar surface area (TPSA) is 77.2 Å². The lowest BCUT2D eigenvalue weighted by atomic mass is 9.88. The second-order valence-corrected chi connectivity index (χ2v) is 8.33. The van der Waals surface area contributed by atoms with Crippen LogP contribution < -0.4 is 5.73 Å². The van der Waals surface area contributed by atoms with Gasteiger partial charge in [0.1, 0.15) is 0 Å². The van der Waals surface area contributed by atoms with Crippen molar-refractivity contribution in [1.29, 1.82) is 0 Å². The van der Waals surface area contributed by atoms with Gasteiger partial charge >= 0.3 is 0 Å². The lowest BCUT2D eigenvalue weighted by Crippen LogP contribution is -2.47. The van der Waals surface area contributed by atoms with Gasteiger partial charge in [0.2, 0.25) is 0 Å². The molecule has 0 rings (SSSR count). The average molecular weight is 263 g/mol. The Morgan fingerprint density at radius 3 is 1.82 bits per heavy atom. The Hall–Kier alpha value is -0.420. The summed E-state index contributed by atoms with van der Waals surface area (Å²) < 4.78 is 22.9. The minimum Gasteiger partial charge on any atom is -0.319 e. The molecule has 0 unspecified atom stereocenters. The summed E-state index contributed by atoms with van der Waals surface area (Å²) in [6, 6.07) is 0. The third-order valence-electron chi connectivity index (χ3n) is 3.35. The first-order chi connectivity index (χ1) is 7.50. The van der Waals surface area contributed by atoms with Gasteiger partial charge in [0.15, 0.2) is 15.6 Å². The number of ketones is 1. The highest BCUT2D eigenvalue weighted by molar-refractivity contribution is 7.92. The van der Waals surface area contributed by atoms with Gasteiger partial charge in [-0.05, 0) is 33.6 Å². The Balaban J connectivity index is 4.67. The normalized spacial score (nSPS) is 13.8. The molecule has 0 aromatic heterocycles. The summed E-state index contributed by atoms with van der Waals surface area (Å²) in [6.07, 6.45) is 1.09. The number of carbonyl (C=O) groups excluding carboxylic acids is 1. The van der Waals surface area contributed by atoms with Gasteiger partial charge in [0, 0.05) is 6.42 Å². The molecule has 0 heterocycles. The van der Waals surface area contributed by atoms with Gasteiger partial charge in [-0.15, -0.1) is 0 Å². The second-order valence-electron chi connectivity index (χ2n) is 5.47. The van der Waals surface area contributed by atoms with Crippen LogP contribution in [0.2, 0.25) is 0 Å². The van der Waals surface area contributed by atoms with E-state index in [2.05, 4.69) is 0 Å². The molecule has 4 nitrogen and oxygen atoms in total. The number of hydrogen-bond donors (Lipinski definition) is 1. The van der Waals surface area contributed by atoms with Crippen LogP contribution in [0.1, 0.15) is 53.9 Å². The van der Waals surface area contributed by atoms with Crippen molar-refractivity contribution in [3.63, 3.8) is 0 Å². The van der Waals surface area contributed by atoms with Gasteiger partial charge in [0.05, 0.1) is 16.0 Å². The Morgan fingerprint density at radius 1 is 1.12 bits per heavy atom. The number of rotatable bonds is 6. The third-order valence-corrected chi connectivity index (χ3v) is 5.96. The van der Waals surface area contributed by atoms with Crippen molar-refractivity contribution in [2.75, 3.05) is 5.75 Å². The molecule has 0 spiro atoms. The molecular weight excluding hydrogens is 238 g/mol. The molecule has 5 heteroatoms. The number of sulfone groups is 1. The summed E-state index contributed by atoms with van der Waals surface area (Å²) in [4.78, 5) is 11.9. The maximum Gasteiger partial charge on any atom is 0.155 e. The van der Waals surface area contributed by atoms with E-state index in [1.54, 1.807) is 20.8 Å². The molecule has 17 heavy (non-hydrogen) atoms. The van der Waals surface area contributed by atoms with E-state index in [1.165, 1.54) is 0 Å². The zero-order valence-corrected chi connectivity index (χ0v) is 12.4. The van der Waals surface area contributed by atoms with E-state index in [9.17, 15) is 13.2 Å². The van der Waals surface area contributed by atoms with Crippen LogP contribution in [0.15, 0.2) is 0 Å². The molecule has 102 valence electrons. The van der Waals surface area contributed by atoms with Crippen LogP contribution in [0.5, 0.6) is 0 Å². The second kappa shape index (κ2) is 5.48. The zero-order valence-electron chi connectivity index (χ0n) is 11.5. The van der Waals surface area contributed by atoms with Gasteiger partial charge in [-0.2, -0.15) is 0 Å². The Bertz CT molecular complexity index is 362. The molecule has 0 saturated carbocycles. The number of Topliss-reactive ketones (excluding diaryl/α,β-unsaturated/α-hetero) is 1. The quantitative estimate of drug-likeness (QED) is 0.791. The van der Waals surface area contributed by atoms with Crippen molar-refractivity contribution in [2.24, 2.45) is 5.73 Å². The van der Waals surface area contributed by atoms with Crippen LogP contribution in [-0.2, 0) is 14.6 Å². The third kappa shape index (κ3) is 4.07. The van der Waals surface area contributed by atoms with Crippen molar-refractivity contribution in [1.82, 2.24) is 0 Å². The first-order valence-electron chi connectivity index (χ1n) is 6.04. The molecule has 0 saturated heterocycles. The van der Waals surface area contributed by atoms with E-state index in [0.717, 1.165) is 0 Å². The standard InChI is InChI=1S/C12H25NO3S/c1-6-12(13,7-2)10(14)8-9-17(15,16)11(3,4)5/h6-9,13H2,1-5H3. The SMILES string of the molecule is CCC(N)(CC)C(=O)CCS(=O)(=O)C(C)(C)C. The van der Waals surface area contributed by atoms with E-state index < -0.39 is 20.1 Å². The van der Waals surface area contributed by atoms with E-state index in [-0.39, 0.29) is 18.0 Å². The molecule has 0 radical (unpaired) electrons. The molecule has 0 aliphatic rings. The minimum absolute atomic E-state index is 0.0117. The van der Waals surface area contributed by atoms with Crippen molar-refractivity contribution in [3.8, 4) is 0 Å². The van der Waals surface area contributed by atoms with Crippen molar-refractivity contribution in [3.05, 3.63) is 0 Å². The first-order valence-corrected chi connectivity index (χ1v) is 7.70. The van der Waals surface area contributed by atoms with Gasteiger partial charge in [-0.3, -0.25) is 4.79 Å². The van der Waals surface area contributed by atoms with Crippen molar-refractivity contribution < 1.29 is 13.2 Å². The molecule has 0 amide bonds. The Labute approximate surface area is 105 Å². The average Bonchev–Trinajstić information content (AvgIpc) is 2.23. The molecule has 0 fully saturated rings. The maximum absolute atomic E-state index is 11.9. The van der Waals surface area contributed by atoms with Gasteiger partial charge < -0.3 is 5.73 Å². The van der Waals surface area contributed by atoms with Crippen LogP contribution in [0.4, 0.5) is 0 Å². The van der Waals surface area contributed by atoms with Crippen LogP contribution >= 0.6 is 0 Å². The molecule has 0 aliphatic heterocycles. The van der Waals surface area contributed by atoms with Crippen molar-refractivity contribution >= 4 is 15.6 Å². The van der Waals surface area contributed by atoms with Gasteiger partial charge in [-0.1, -0.05) is 13.8 Å². The van der Waals surface area contributed by atoms with E-state index in [1.807, 2.05) is 13.8 Å².